The molecule has 0 fully saturated rings. The molecule has 0 heterocycles. The minimum Gasteiger partial charge on any atom is -0.480 e. The van der Waals surface area contributed by atoms with Gasteiger partial charge in [-0.3, -0.25) is 14.9 Å². The molecule has 0 spiro atoms. The van der Waals surface area contributed by atoms with Crippen LogP contribution in [0.1, 0.15) is 12.8 Å². The quantitative estimate of drug-likeness (QED) is 0.302. The van der Waals surface area contributed by atoms with E-state index < -0.39 is 35.9 Å². The molecule has 0 aromatic heterocycles. The zero-order valence-corrected chi connectivity index (χ0v) is 8.62. The third-order valence-corrected chi connectivity index (χ3v) is 1.84. The number of carbonyl (C=O) groups excluding carboxylic acids is 1. The van der Waals surface area contributed by atoms with Crippen molar-refractivity contribution in [2.45, 2.75) is 24.9 Å². The summed E-state index contributed by atoms with van der Waals surface area (Å²) in [5.74, 6) is -5.66. The predicted octanol–water partition coefficient (Wildman–Crippen LogP) is -2.17. The number of nitrogens with one attached hydrogen (secondary N) is 1. The standard InChI is InChI=1S/C8H12N2O7/c9-4(11)2-1-3(6(12)13)10-5(7(14)15)8(16)17/h3,5,10H,1-2H2,(H2,9,11)(H,12,13)(H,14,15)(H,16,17). The second-order valence-electron chi connectivity index (χ2n) is 3.17. The summed E-state index contributed by atoms with van der Waals surface area (Å²) in [5.41, 5.74) is 4.80. The highest BCUT2D eigenvalue weighted by molar-refractivity contribution is 5.97. The molecular weight excluding hydrogens is 236 g/mol. The van der Waals surface area contributed by atoms with Crippen LogP contribution in [0.5, 0.6) is 0 Å². The van der Waals surface area contributed by atoms with Gasteiger partial charge in [0.1, 0.15) is 6.04 Å². The smallest absolute Gasteiger partial charge is 0.332 e. The third-order valence-electron chi connectivity index (χ3n) is 1.84. The van der Waals surface area contributed by atoms with Crippen LogP contribution in [0.4, 0.5) is 0 Å². The Kier molecular flexibility index (Phi) is 5.61. The fraction of sp³-hybridized carbons (Fsp3) is 0.500. The number of hydrogen-bond acceptors (Lipinski definition) is 5. The van der Waals surface area contributed by atoms with Crippen LogP contribution in [0, 0.1) is 0 Å². The van der Waals surface area contributed by atoms with Crippen LogP contribution in [-0.4, -0.2) is 51.2 Å². The van der Waals surface area contributed by atoms with E-state index in [1.807, 2.05) is 5.32 Å². The molecule has 1 atom stereocenters. The molecule has 0 aliphatic rings. The van der Waals surface area contributed by atoms with Gasteiger partial charge in [-0.15, -0.1) is 0 Å². The second kappa shape index (κ2) is 6.43. The summed E-state index contributed by atoms with van der Waals surface area (Å²) in [4.78, 5) is 42.2. The molecule has 1 amide bonds. The maximum atomic E-state index is 10.7. The zero-order valence-electron chi connectivity index (χ0n) is 8.62. The number of primary amides is 1. The van der Waals surface area contributed by atoms with Crippen molar-refractivity contribution in [1.29, 1.82) is 0 Å². The predicted molar refractivity (Wildman–Crippen MR) is 52.0 cm³/mol. The largest absolute Gasteiger partial charge is 0.480 e. The van der Waals surface area contributed by atoms with E-state index >= 15 is 0 Å². The Morgan fingerprint density at radius 2 is 1.47 bits per heavy atom. The van der Waals surface area contributed by atoms with Crippen LogP contribution in [-0.2, 0) is 19.2 Å². The average Bonchev–Trinajstić information content (AvgIpc) is 2.15. The molecule has 0 radical (unpaired) electrons. The Labute approximate surface area is 95.2 Å². The van der Waals surface area contributed by atoms with Crippen molar-refractivity contribution in [3.05, 3.63) is 0 Å². The molecule has 9 nitrogen and oxygen atoms in total. The van der Waals surface area contributed by atoms with E-state index in [1.54, 1.807) is 0 Å². The molecule has 17 heavy (non-hydrogen) atoms. The fourth-order valence-corrected chi connectivity index (χ4v) is 1.01. The first kappa shape index (κ1) is 14.8. The average molecular weight is 248 g/mol. The third kappa shape index (κ3) is 5.47. The summed E-state index contributed by atoms with van der Waals surface area (Å²) < 4.78 is 0. The van der Waals surface area contributed by atoms with Gasteiger partial charge in [-0.2, -0.15) is 0 Å². The number of nitrogens with two attached hydrogens (primary N) is 1. The van der Waals surface area contributed by atoms with Gasteiger partial charge in [-0.05, 0) is 6.42 Å². The minimum atomic E-state index is -2.05. The second-order valence-corrected chi connectivity index (χ2v) is 3.17. The van der Waals surface area contributed by atoms with Gasteiger partial charge in [-0.1, -0.05) is 0 Å². The van der Waals surface area contributed by atoms with Crippen molar-refractivity contribution in [1.82, 2.24) is 5.32 Å². The van der Waals surface area contributed by atoms with Gasteiger partial charge >= 0.3 is 17.9 Å². The Bertz CT molecular complexity index is 327. The van der Waals surface area contributed by atoms with Gasteiger partial charge in [0.05, 0.1) is 0 Å². The molecule has 1 unspecified atom stereocenters. The van der Waals surface area contributed by atoms with Crippen LogP contribution in [0.25, 0.3) is 0 Å². The minimum absolute atomic E-state index is 0.290. The van der Waals surface area contributed by atoms with Gasteiger partial charge in [-0.25, -0.2) is 9.59 Å². The van der Waals surface area contributed by atoms with Gasteiger partial charge in [0.25, 0.3) is 0 Å². The lowest BCUT2D eigenvalue weighted by molar-refractivity contribution is -0.152. The van der Waals surface area contributed by atoms with E-state index in [-0.39, 0.29) is 12.8 Å². The number of aliphatic carboxylic acids is 3. The molecule has 0 aromatic carbocycles. The molecule has 6 N–H and O–H groups in total. The van der Waals surface area contributed by atoms with Crippen molar-refractivity contribution < 1.29 is 34.5 Å². The molecule has 0 aromatic rings. The topological polar surface area (TPSA) is 167 Å². The lowest BCUT2D eigenvalue weighted by Gasteiger charge is -2.16. The monoisotopic (exact) mass is 248 g/mol. The van der Waals surface area contributed by atoms with Gasteiger partial charge in [0.15, 0.2) is 0 Å². The van der Waals surface area contributed by atoms with Crippen LogP contribution in [0.15, 0.2) is 0 Å². The molecule has 0 saturated heterocycles. The summed E-state index contributed by atoms with van der Waals surface area (Å²) in [7, 11) is 0. The number of carboxylic acid groups (broad SMARTS) is 3. The Morgan fingerprint density at radius 3 is 1.76 bits per heavy atom. The molecule has 96 valence electrons. The van der Waals surface area contributed by atoms with E-state index in [0.29, 0.717) is 0 Å². The van der Waals surface area contributed by atoms with Gasteiger partial charge in [0, 0.05) is 6.42 Å². The molecular formula is C8H12N2O7. The lowest BCUT2D eigenvalue weighted by atomic mass is 10.1. The van der Waals surface area contributed by atoms with Crippen LogP contribution in [0.2, 0.25) is 0 Å². The van der Waals surface area contributed by atoms with Crippen molar-refractivity contribution in [2.75, 3.05) is 0 Å². The van der Waals surface area contributed by atoms with Crippen molar-refractivity contribution in [2.24, 2.45) is 5.73 Å². The molecule has 0 saturated carbocycles. The first-order valence-electron chi connectivity index (χ1n) is 4.48. The summed E-state index contributed by atoms with van der Waals surface area (Å²) in [5, 5.41) is 27.6. The summed E-state index contributed by atoms with van der Waals surface area (Å²) in [6.07, 6.45) is -0.586. The number of carboxylic acids is 3. The van der Waals surface area contributed by atoms with Crippen molar-refractivity contribution in [3.63, 3.8) is 0 Å². The van der Waals surface area contributed by atoms with Crippen LogP contribution in [0.3, 0.4) is 0 Å². The molecule has 9 heteroatoms. The van der Waals surface area contributed by atoms with E-state index in [9.17, 15) is 19.2 Å². The van der Waals surface area contributed by atoms with Crippen LogP contribution >= 0.6 is 0 Å². The molecule has 0 bridgehead atoms. The maximum Gasteiger partial charge on any atom is 0.332 e. The summed E-state index contributed by atoms with van der Waals surface area (Å²) in [6, 6.07) is -3.52. The van der Waals surface area contributed by atoms with E-state index in [2.05, 4.69) is 0 Å². The van der Waals surface area contributed by atoms with Crippen LogP contribution < -0.4 is 11.1 Å². The van der Waals surface area contributed by atoms with Gasteiger partial charge < -0.3 is 21.1 Å². The fourth-order valence-electron chi connectivity index (χ4n) is 1.01. The van der Waals surface area contributed by atoms with E-state index in [1.165, 1.54) is 0 Å². The number of carbonyl (C=O) groups is 4. The first-order valence-corrected chi connectivity index (χ1v) is 4.48. The molecule has 0 rings (SSSR count). The highest BCUT2D eigenvalue weighted by atomic mass is 16.4. The Balaban J connectivity index is 4.61. The van der Waals surface area contributed by atoms with Crippen molar-refractivity contribution in [3.8, 4) is 0 Å². The normalized spacial score (nSPS) is 12.1. The van der Waals surface area contributed by atoms with E-state index in [0.717, 1.165) is 0 Å². The molecule has 0 aliphatic heterocycles. The first-order chi connectivity index (χ1) is 7.75. The number of rotatable bonds is 8. The lowest BCUT2D eigenvalue weighted by Crippen LogP contribution is -2.51. The SMILES string of the molecule is NC(=O)CCC(NC(C(=O)O)C(=O)O)C(=O)O. The Morgan fingerprint density at radius 1 is 1.00 bits per heavy atom. The Hall–Kier alpha value is -2.16. The molecule has 0 aliphatic carbocycles. The summed E-state index contributed by atoms with van der Waals surface area (Å²) >= 11 is 0. The highest BCUT2D eigenvalue weighted by Crippen LogP contribution is 2.00. The van der Waals surface area contributed by atoms with E-state index in [4.69, 9.17) is 21.1 Å². The van der Waals surface area contributed by atoms with Crippen molar-refractivity contribution >= 4 is 23.8 Å². The maximum absolute atomic E-state index is 10.7. The number of hydrogen-bond donors (Lipinski definition) is 5. The number of amides is 1. The summed E-state index contributed by atoms with van der Waals surface area (Å²) in [6.45, 7) is 0. The zero-order chi connectivity index (χ0) is 13.6. The van der Waals surface area contributed by atoms with Gasteiger partial charge in [0.2, 0.25) is 11.9 Å². The highest BCUT2D eigenvalue weighted by Gasteiger charge is 2.31.